The van der Waals surface area contributed by atoms with Gasteiger partial charge in [-0.3, -0.25) is 0 Å². The molecule has 0 radical (unpaired) electrons. The fourth-order valence-electron chi connectivity index (χ4n) is 2.88. The zero-order valence-corrected chi connectivity index (χ0v) is 11.3. The first-order valence-corrected chi connectivity index (χ1v) is 7.99. The van der Waals surface area contributed by atoms with Crippen molar-refractivity contribution in [2.24, 2.45) is 5.41 Å². The van der Waals surface area contributed by atoms with Gasteiger partial charge in [0.05, 0.1) is 4.90 Å². The maximum Gasteiger partial charge on any atom is 0.240 e. The molecule has 4 nitrogen and oxygen atoms in total. The van der Waals surface area contributed by atoms with Crippen molar-refractivity contribution in [2.75, 3.05) is 13.1 Å². The number of sulfonamides is 1. The summed E-state index contributed by atoms with van der Waals surface area (Å²) >= 11 is 0. The van der Waals surface area contributed by atoms with Gasteiger partial charge in [0, 0.05) is 6.04 Å². The van der Waals surface area contributed by atoms with Gasteiger partial charge in [-0.2, -0.15) is 0 Å². The summed E-state index contributed by atoms with van der Waals surface area (Å²) in [6.45, 7) is 1.89. The SMILES string of the molecule is O=S(=O)(NC1CC12CCNCC2)c1cccc(F)c1. The highest BCUT2D eigenvalue weighted by Gasteiger charge is 2.55. The van der Waals surface area contributed by atoms with Gasteiger partial charge < -0.3 is 5.32 Å². The molecule has 1 saturated heterocycles. The van der Waals surface area contributed by atoms with Crippen molar-refractivity contribution >= 4 is 10.0 Å². The molecule has 0 bridgehead atoms. The molecule has 2 aliphatic rings. The molecule has 1 heterocycles. The van der Waals surface area contributed by atoms with Crippen molar-refractivity contribution in [1.82, 2.24) is 10.0 Å². The Hall–Kier alpha value is -0.980. The van der Waals surface area contributed by atoms with E-state index in [0.717, 1.165) is 38.4 Å². The maximum absolute atomic E-state index is 13.1. The van der Waals surface area contributed by atoms with Crippen LogP contribution in [0.4, 0.5) is 4.39 Å². The van der Waals surface area contributed by atoms with Gasteiger partial charge in [0.25, 0.3) is 0 Å². The quantitative estimate of drug-likeness (QED) is 0.878. The van der Waals surface area contributed by atoms with Crippen LogP contribution in [0.2, 0.25) is 0 Å². The number of piperidine rings is 1. The molecule has 1 aromatic rings. The molecule has 1 aromatic carbocycles. The monoisotopic (exact) mass is 284 g/mol. The lowest BCUT2D eigenvalue weighted by molar-refractivity contribution is 0.337. The number of benzene rings is 1. The molecular weight excluding hydrogens is 267 g/mol. The van der Waals surface area contributed by atoms with Crippen LogP contribution < -0.4 is 10.0 Å². The largest absolute Gasteiger partial charge is 0.317 e. The Kier molecular flexibility index (Phi) is 3.11. The van der Waals surface area contributed by atoms with E-state index in [1.807, 2.05) is 0 Å². The molecule has 2 fully saturated rings. The van der Waals surface area contributed by atoms with Crippen LogP contribution in [0.1, 0.15) is 19.3 Å². The van der Waals surface area contributed by atoms with E-state index in [-0.39, 0.29) is 16.4 Å². The van der Waals surface area contributed by atoms with Crippen LogP contribution >= 0.6 is 0 Å². The van der Waals surface area contributed by atoms with Crippen LogP contribution in [0.3, 0.4) is 0 Å². The Morgan fingerprint density at radius 2 is 2.05 bits per heavy atom. The second kappa shape index (κ2) is 4.54. The summed E-state index contributed by atoms with van der Waals surface area (Å²) in [6.07, 6.45) is 2.90. The Balaban J connectivity index is 1.73. The summed E-state index contributed by atoms with van der Waals surface area (Å²) in [5.41, 5.74) is 0.131. The van der Waals surface area contributed by atoms with Gasteiger partial charge in [-0.25, -0.2) is 17.5 Å². The van der Waals surface area contributed by atoms with Crippen LogP contribution in [0, 0.1) is 11.2 Å². The topological polar surface area (TPSA) is 58.2 Å². The highest BCUT2D eigenvalue weighted by molar-refractivity contribution is 7.89. The molecule has 19 heavy (non-hydrogen) atoms. The van der Waals surface area contributed by atoms with E-state index in [4.69, 9.17) is 0 Å². The van der Waals surface area contributed by atoms with Crippen molar-refractivity contribution in [3.8, 4) is 0 Å². The number of nitrogens with one attached hydrogen (secondary N) is 2. The molecule has 1 aliphatic heterocycles. The van der Waals surface area contributed by atoms with E-state index in [9.17, 15) is 12.8 Å². The fourth-order valence-corrected chi connectivity index (χ4v) is 4.25. The van der Waals surface area contributed by atoms with Crippen LogP contribution in [-0.4, -0.2) is 27.5 Å². The first-order chi connectivity index (χ1) is 9.02. The van der Waals surface area contributed by atoms with Gasteiger partial charge >= 0.3 is 0 Å². The fraction of sp³-hybridized carbons (Fsp3) is 0.538. The van der Waals surface area contributed by atoms with Crippen LogP contribution in [0.5, 0.6) is 0 Å². The van der Waals surface area contributed by atoms with E-state index in [0.29, 0.717) is 0 Å². The number of halogens is 1. The third-order valence-corrected chi connectivity index (χ3v) is 5.66. The third kappa shape index (κ3) is 2.52. The molecule has 1 spiro atoms. The lowest BCUT2D eigenvalue weighted by Gasteiger charge is -2.23. The van der Waals surface area contributed by atoms with Crippen molar-refractivity contribution in [3.05, 3.63) is 30.1 Å². The van der Waals surface area contributed by atoms with Crippen molar-refractivity contribution in [3.63, 3.8) is 0 Å². The second-order valence-corrected chi connectivity index (χ2v) is 7.16. The molecule has 104 valence electrons. The van der Waals surface area contributed by atoms with Crippen molar-refractivity contribution < 1.29 is 12.8 Å². The van der Waals surface area contributed by atoms with Gasteiger partial charge in [-0.1, -0.05) is 6.07 Å². The van der Waals surface area contributed by atoms with Gasteiger partial charge in [0.15, 0.2) is 0 Å². The molecule has 1 atom stereocenters. The minimum atomic E-state index is -3.61. The Morgan fingerprint density at radius 1 is 1.32 bits per heavy atom. The van der Waals surface area contributed by atoms with Crippen molar-refractivity contribution in [1.29, 1.82) is 0 Å². The molecule has 1 aliphatic carbocycles. The van der Waals surface area contributed by atoms with Gasteiger partial charge in [0.1, 0.15) is 5.82 Å². The molecule has 1 saturated carbocycles. The van der Waals surface area contributed by atoms with Crippen molar-refractivity contribution in [2.45, 2.75) is 30.2 Å². The lowest BCUT2D eigenvalue weighted by Crippen LogP contribution is -2.36. The minimum Gasteiger partial charge on any atom is -0.317 e. The molecule has 6 heteroatoms. The summed E-state index contributed by atoms with van der Waals surface area (Å²) in [6, 6.07) is 5.13. The van der Waals surface area contributed by atoms with E-state index in [1.54, 1.807) is 0 Å². The Morgan fingerprint density at radius 3 is 2.74 bits per heavy atom. The Bertz CT molecular complexity index is 582. The molecular formula is C13H17FN2O2S. The first kappa shape index (κ1) is 13.0. The summed E-state index contributed by atoms with van der Waals surface area (Å²) in [7, 11) is -3.61. The lowest BCUT2D eigenvalue weighted by atomic mass is 9.94. The van der Waals surface area contributed by atoms with E-state index in [2.05, 4.69) is 10.0 Å². The van der Waals surface area contributed by atoms with Gasteiger partial charge in [0.2, 0.25) is 10.0 Å². The average molecular weight is 284 g/mol. The summed E-state index contributed by atoms with van der Waals surface area (Å²) in [4.78, 5) is 0.00323. The highest BCUT2D eigenvalue weighted by Crippen LogP contribution is 2.53. The normalized spacial score (nSPS) is 25.4. The predicted molar refractivity (Wildman–Crippen MR) is 69.7 cm³/mol. The van der Waals surface area contributed by atoms with Crippen LogP contribution in [-0.2, 0) is 10.0 Å². The molecule has 1 unspecified atom stereocenters. The zero-order chi connectivity index (χ0) is 13.5. The minimum absolute atomic E-state index is 0.00265. The van der Waals surface area contributed by atoms with Crippen LogP contribution in [0.15, 0.2) is 29.2 Å². The number of hydrogen-bond acceptors (Lipinski definition) is 3. The van der Waals surface area contributed by atoms with Gasteiger partial charge in [-0.05, 0) is 56.0 Å². The first-order valence-electron chi connectivity index (χ1n) is 6.51. The van der Waals surface area contributed by atoms with Gasteiger partial charge in [-0.15, -0.1) is 0 Å². The highest BCUT2D eigenvalue weighted by atomic mass is 32.2. The number of hydrogen-bond donors (Lipinski definition) is 2. The average Bonchev–Trinajstić information content (AvgIpc) is 3.01. The maximum atomic E-state index is 13.1. The summed E-state index contributed by atoms with van der Waals surface area (Å²) in [5.74, 6) is -0.532. The molecule has 2 N–H and O–H groups in total. The van der Waals surface area contributed by atoms with E-state index < -0.39 is 15.8 Å². The second-order valence-electron chi connectivity index (χ2n) is 5.45. The summed E-state index contributed by atoms with van der Waals surface area (Å²) in [5, 5.41) is 3.28. The zero-order valence-electron chi connectivity index (χ0n) is 10.5. The standard InChI is InChI=1S/C13H17FN2O2S/c14-10-2-1-3-11(8-10)19(17,18)16-12-9-13(12)4-6-15-7-5-13/h1-3,8,12,15-16H,4-7,9H2. The smallest absolute Gasteiger partial charge is 0.240 e. The molecule has 0 amide bonds. The van der Waals surface area contributed by atoms with E-state index in [1.165, 1.54) is 18.2 Å². The number of rotatable bonds is 3. The molecule has 3 rings (SSSR count). The van der Waals surface area contributed by atoms with Crippen LogP contribution in [0.25, 0.3) is 0 Å². The predicted octanol–water partition coefficient (Wildman–Crippen LogP) is 1.25. The Labute approximate surface area is 112 Å². The third-order valence-electron chi connectivity index (χ3n) is 4.19. The molecule has 0 aromatic heterocycles. The van der Waals surface area contributed by atoms with E-state index >= 15 is 0 Å². The summed E-state index contributed by atoms with van der Waals surface area (Å²) < 4.78 is 40.1.